The van der Waals surface area contributed by atoms with Crippen LogP contribution in [0.5, 0.6) is 0 Å². The Labute approximate surface area is 528 Å². The Morgan fingerprint density at radius 3 is 0.529 bits per heavy atom. The first-order valence-corrected chi connectivity index (χ1v) is 33.2. The van der Waals surface area contributed by atoms with Gasteiger partial charge in [-0.25, -0.2) is 0 Å². The fourth-order valence-corrected chi connectivity index (χ4v) is 13.4. The van der Waals surface area contributed by atoms with Crippen LogP contribution in [0.4, 0.5) is 0 Å². The molecule has 462 valence electrons. The summed E-state index contributed by atoms with van der Waals surface area (Å²) < 4.78 is 0. The van der Waals surface area contributed by atoms with Crippen LogP contribution in [0.2, 0.25) is 0 Å². The van der Waals surface area contributed by atoms with E-state index in [2.05, 4.69) is 334 Å². The van der Waals surface area contributed by atoms with Crippen LogP contribution in [0.3, 0.4) is 0 Å². The van der Waals surface area contributed by atoms with Gasteiger partial charge in [-0.05, 0) is 189 Å². The average Bonchev–Trinajstić information content (AvgIpc) is 0.826. The van der Waals surface area contributed by atoms with Gasteiger partial charge in [-0.3, -0.25) is 0 Å². The highest BCUT2D eigenvalue weighted by molar-refractivity contribution is 7.99. The molecule has 0 saturated heterocycles. The molecule has 0 aliphatic heterocycles. The van der Waals surface area contributed by atoms with Gasteiger partial charge < -0.3 is 0 Å². The second kappa shape index (κ2) is 22.3. The van der Waals surface area contributed by atoms with Crippen molar-refractivity contribution in [1.29, 1.82) is 0 Å². The SMILES string of the molecule is CC(C)(C)c1cc(C(C)(C)C)c(-c2[c]ccc(Sc3cc[c]c(-c4c(C(C)(C)C)cc(C(C)(C)C)cc4C(C)(C)C)c3-c3c(C(C)(C)C)cc(C(C)(C)C)cc3C(C)(C)C)c2-c2c(C(C)(C)C)cc(C(C)(C)C)cc2C(C)(C)C)c(C(C)(C)C)c1. The normalized spacial score (nSPS) is 14.2. The van der Waals surface area contributed by atoms with Crippen molar-refractivity contribution in [2.45, 2.75) is 324 Å². The summed E-state index contributed by atoms with van der Waals surface area (Å²) in [6.07, 6.45) is 0. The molecule has 0 N–H and O–H groups in total. The van der Waals surface area contributed by atoms with E-state index in [9.17, 15) is 0 Å². The number of hydrogen-bond acceptors (Lipinski definition) is 1. The van der Waals surface area contributed by atoms with Crippen molar-refractivity contribution < 1.29 is 0 Å². The van der Waals surface area contributed by atoms with E-state index in [1.54, 1.807) is 0 Å². The molecule has 85 heavy (non-hydrogen) atoms. The first kappa shape index (κ1) is 69.8. The van der Waals surface area contributed by atoms with Crippen LogP contribution >= 0.6 is 11.8 Å². The molecule has 0 amide bonds. The van der Waals surface area contributed by atoms with Gasteiger partial charge in [-0.1, -0.05) is 322 Å². The van der Waals surface area contributed by atoms with Gasteiger partial charge >= 0.3 is 0 Å². The molecule has 6 aromatic rings. The van der Waals surface area contributed by atoms with Gasteiger partial charge in [0.15, 0.2) is 0 Å². The first-order valence-electron chi connectivity index (χ1n) is 32.3. The molecule has 6 rings (SSSR count). The van der Waals surface area contributed by atoms with Gasteiger partial charge in [0.25, 0.3) is 0 Å². The summed E-state index contributed by atoms with van der Waals surface area (Å²) in [5, 5.41) is 0. The second-order valence-electron chi connectivity index (χ2n) is 38.1. The van der Waals surface area contributed by atoms with E-state index in [1.807, 2.05) is 11.8 Å². The maximum atomic E-state index is 4.17. The van der Waals surface area contributed by atoms with Gasteiger partial charge in [-0.15, -0.1) is 0 Å². The third-order valence-corrected chi connectivity index (χ3v) is 18.7. The zero-order chi connectivity index (χ0) is 65.3. The van der Waals surface area contributed by atoms with Crippen molar-refractivity contribution in [3.05, 3.63) is 152 Å². The van der Waals surface area contributed by atoms with E-state index < -0.39 is 0 Å². The summed E-state index contributed by atoms with van der Waals surface area (Å²) in [6.45, 7) is 86.9. The van der Waals surface area contributed by atoms with Crippen LogP contribution in [0.25, 0.3) is 44.5 Å². The molecule has 0 atom stereocenters. The van der Waals surface area contributed by atoms with Gasteiger partial charge in [0.2, 0.25) is 0 Å². The second-order valence-corrected chi connectivity index (χ2v) is 39.2. The summed E-state index contributed by atoms with van der Waals surface area (Å²) in [5.41, 5.74) is 24.8. The Morgan fingerprint density at radius 2 is 0.376 bits per heavy atom. The molecule has 0 heterocycles. The van der Waals surface area contributed by atoms with Crippen LogP contribution in [-0.2, 0) is 65.0 Å². The largest absolute Gasteiger partial charge is 0.0887 e. The minimum absolute atomic E-state index is 0.0571. The van der Waals surface area contributed by atoms with Gasteiger partial charge in [0.05, 0.1) is 0 Å². The molecule has 1 heteroatoms. The lowest BCUT2D eigenvalue weighted by Gasteiger charge is -2.38. The molecule has 0 unspecified atom stereocenters. The first-order chi connectivity index (χ1) is 37.8. The molecule has 0 fully saturated rings. The van der Waals surface area contributed by atoms with Crippen LogP contribution < -0.4 is 0 Å². The molecule has 0 aromatic heterocycles. The average molecular weight is 1160 g/mol. The lowest BCUT2D eigenvalue weighted by atomic mass is 9.68. The summed E-state index contributed by atoms with van der Waals surface area (Å²) in [7, 11) is 0. The Balaban J connectivity index is 2.08. The van der Waals surface area contributed by atoms with Crippen molar-refractivity contribution in [2.24, 2.45) is 0 Å². The van der Waals surface area contributed by atoms with Gasteiger partial charge in [-0.2, -0.15) is 0 Å². The smallest absolute Gasteiger partial charge is 0.0207 e. The standard InChI is InChI=1S/C84H120S/c1-73(2,3)51-43-57(77(13,14)15)67(58(44-51)78(16,17)18)55-39-37-41-65(69(55)71-61(81(25,26)27)47-53(75(7,8)9)48-62(71)82(28,29)30)85-66-42-38-40-56(68-59(79(19,20)21)45-52(74(4,5)6)46-60(68)80(22,23)24)70(66)72-63(83(31,32)33)49-54(76(10,11)12)50-64(72)84(34,35)36/h37-38,41-50H,1-36H3. The Bertz CT molecular complexity index is 3080. The van der Waals surface area contributed by atoms with Crippen LogP contribution in [0.1, 0.15) is 316 Å². The van der Waals surface area contributed by atoms with Crippen molar-refractivity contribution in [3.8, 4) is 44.5 Å². The highest BCUT2D eigenvalue weighted by Crippen LogP contribution is 2.58. The molecule has 0 spiro atoms. The number of rotatable bonds is 6. The third kappa shape index (κ3) is 14.9. The zero-order valence-corrected chi connectivity index (χ0v) is 62.2. The lowest BCUT2D eigenvalue weighted by molar-refractivity contribution is 0.548. The van der Waals surface area contributed by atoms with E-state index in [4.69, 9.17) is 0 Å². The van der Waals surface area contributed by atoms with E-state index in [-0.39, 0.29) is 65.0 Å². The van der Waals surface area contributed by atoms with Crippen LogP contribution in [-0.4, -0.2) is 0 Å². The van der Waals surface area contributed by atoms with E-state index >= 15 is 0 Å². The zero-order valence-electron chi connectivity index (χ0n) is 61.3. The third-order valence-electron chi connectivity index (χ3n) is 17.6. The predicted molar refractivity (Wildman–Crippen MR) is 381 cm³/mol. The minimum Gasteiger partial charge on any atom is -0.0887 e. The van der Waals surface area contributed by atoms with Crippen LogP contribution in [0, 0.1) is 12.1 Å². The van der Waals surface area contributed by atoms with Crippen molar-refractivity contribution >= 4 is 11.8 Å². The molecule has 0 aliphatic rings. The molecule has 2 radical (unpaired) electrons. The Kier molecular flexibility index (Phi) is 18.3. The van der Waals surface area contributed by atoms with Crippen molar-refractivity contribution in [1.82, 2.24) is 0 Å². The summed E-state index contributed by atoms with van der Waals surface area (Å²) >= 11 is 1.97. The lowest BCUT2D eigenvalue weighted by Crippen LogP contribution is -2.24. The molecule has 0 aliphatic carbocycles. The minimum atomic E-state index is -0.217. The molecule has 0 saturated carbocycles. The number of benzene rings is 6. The fourth-order valence-electron chi connectivity index (χ4n) is 12.2. The predicted octanol–water partition coefficient (Wildman–Crippen LogP) is 25.7. The maximum Gasteiger partial charge on any atom is 0.0207 e. The molecular formula is C84H120S. The highest BCUT2D eigenvalue weighted by Gasteiger charge is 2.39. The summed E-state index contributed by atoms with van der Waals surface area (Å²) in [4.78, 5) is 2.48. The van der Waals surface area contributed by atoms with Crippen molar-refractivity contribution in [2.75, 3.05) is 0 Å². The summed E-state index contributed by atoms with van der Waals surface area (Å²) in [6, 6.07) is 38.3. The molecule has 6 aromatic carbocycles. The van der Waals surface area contributed by atoms with E-state index in [0.29, 0.717) is 0 Å². The highest BCUT2D eigenvalue weighted by atomic mass is 32.2. The van der Waals surface area contributed by atoms with E-state index in [0.717, 1.165) is 0 Å². The molecule has 0 bridgehead atoms. The monoisotopic (exact) mass is 1160 g/mol. The molecule has 0 nitrogen and oxygen atoms in total. The quantitative estimate of drug-likeness (QED) is 0.160. The van der Waals surface area contributed by atoms with Crippen molar-refractivity contribution in [3.63, 3.8) is 0 Å². The van der Waals surface area contributed by atoms with Gasteiger partial charge in [0, 0.05) is 20.9 Å². The summed E-state index contributed by atoms with van der Waals surface area (Å²) in [5.74, 6) is 0. The number of hydrogen-bond donors (Lipinski definition) is 0. The Morgan fingerprint density at radius 1 is 0.212 bits per heavy atom. The fraction of sp³-hybridized carbons (Fsp3) is 0.571. The van der Waals surface area contributed by atoms with Crippen LogP contribution in [0.15, 0.2) is 82.6 Å². The van der Waals surface area contributed by atoms with Gasteiger partial charge in [0.1, 0.15) is 0 Å². The Hall–Kier alpha value is -4.33. The molecular weight excluding hydrogens is 1040 g/mol. The van der Waals surface area contributed by atoms with E-state index in [1.165, 1.54) is 121 Å². The topological polar surface area (TPSA) is 0 Å². The maximum absolute atomic E-state index is 4.17.